The van der Waals surface area contributed by atoms with Gasteiger partial charge in [-0.2, -0.15) is 0 Å². The van der Waals surface area contributed by atoms with Crippen molar-refractivity contribution in [1.29, 1.82) is 0 Å². The number of ketones is 1. The predicted molar refractivity (Wildman–Crippen MR) is 136 cm³/mol. The zero-order valence-electron chi connectivity index (χ0n) is 20.2. The van der Waals surface area contributed by atoms with Gasteiger partial charge in [0.25, 0.3) is 0 Å². The van der Waals surface area contributed by atoms with Crippen LogP contribution in [-0.4, -0.2) is 30.4 Å². The second kappa shape index (κ2) is 23.8. The summed E-state index contributed by atoms with van der Waals surface area (Å²) in [6, 6.07) is 0. The van der Waals surface area contributed by atoms with Crippen molar-refractivity contribution >= 4 is 27.8 Å². The van der Waals surface area contributed by atoms with Gasteiger partial charge in [-0.1, -0.05) is 113 Å². The summed E-state index contributed by atoms with van der Waals surface area (Å²) in [7, 11) is 0. The van der Waals surface area contributed by atoms with Crippen molar-refractivity contribution in [2.45, 2.75) is 122 Å². The van der Waals surface area contributed by atoms with Gasteiger partial charge in [0.05, 0.1) is 0 Å². The maximum Gasteiger partial charge on any atom is 0.407 e. The van der Waals surface area contributed by atoms with E-state index in [1.54, 1.807) is 0 Å². The number of hydrogen-bond donors (Lipinski definition) is 1. The number of carbonyl (C=O) groups excluding carboxylic acids is 2. The molecule has 1 N–H and O–H groups in total. The average Bonchev–Trinajstić information content (AvgIpc) is 2.75. The van der Waals surface area contributed by atoms with Gasteiger partial charge in [0.1, 0.15) is 12.4 Å². The lowest BCUT2D eigenvalue weighted by Crippen LogP contribution is -2.26. The van der Waals surface area contributed by atoms with Crippen molar-refractivity contribution in [3.8, 4) is 0 Å². The SMILES string of the molecule is C=C(COC(=O)NCCCCCCCCCCCCCCC)CC(=O)CCCCCBr. The zero-order valence-corrected chi connectivity index (χ0v) is 21.7. The van der Waals surface area contributed by atoms with Crippen molar-refractivity contribution in [2.75, 3.05) is 18.5 Å². The van der Waals surface area contributed by atoms with E-state index in [1.165, 1.54) is 70.6 Å². The predicted octanol–water partition coefficient (Wildman–Crippen LogP) is 8.27. The first kappa shape index (κ1) is 30.2. The fraction of sp³-hybridized carbons (Fsp3) is 0.846. The van der Waals surface area contributed by atoms with Crippen LogP contribution in [0.5, 0.6) is 0 Å². The standard InChI is InChI=1S/C26H48BrNO3/c1-3-4-5-6-7-8-9-10-11-12-13-14-18-21-28-26(30)31-23-24(2)22-25(29)19-16-15-17-20-27/h2-23H2,1H3,(H,28,30). The van der Waals surface area contributed by atoms with Crippen LogP contribution in [0, 0.1) is 0 Å². The van der Waals surface area contributed by atoms with Crippen LogP contribution in [0.2, 0.25) is 0 Å². The van der Waals surface area contributed by atoms with Crippen LogP contribution in [0.15, 0.2) is 12.2 Å². The normalized spacial score (nSPS) is 10.8. The summed E-state index contributed by atoms with van der Waals surface area (Å²) < 4.78 is 5.15. The van der Waals surface area contributed by atoms with E-state index in [9.17, 15) is 9.59 Å². The van der Waals surface area contributed by atoms with E-state index in [2.05, 4.69) is 34.7 Å². The number of carbonyl (C=O) groups is 2. The molecule has 0 aliphatic carbocycles. The first-order valence-corrected chi connectivity index (χ1v) is 13.9. The number of ether oxygens (including phenoxy) is 1. The number of hydrogen-bond acceptors (Lipinski definition) is 3. The Labute approximate surface area is 200 Å². The Bertz CT molecular complexity index is 454. The van der Waals surface area contributed by atoms with Gasteiger partial charge in [-0.25, -0.2) is 4.79 Å². The zero-order chi connectivity index (χ0) is 23.0. The maximum absolute atomic E-state index is 11.9. The number of amides is 1. The number of halogens is 1. The van der Waals surface area contributed by atoms with E-state index in [-0.39, 0.29) is 12.4 Å². The lowest BCUT2D eigenvalue weighted by Gasteiger charge is -2.09. The van der Waals surface area contributed by atoms with Crippen molar-refractivity contribution < 1.29 is 14.3 Å². The number of rotatable bonds is 23. The fourth-order valence-corrected chi connectivity index (χ4v) is 3.96. The average molecular weight is 503 g/mol. The Morgan fingerprint density at radius 2 is 1.29 bits per heavy atom. The number of nitrogens with one attached hydrogen (secondary N) is 1. The molecule has 0 aromatic rings. The van der Waals surface area contributed by atoms with Crippen molar-refractivity contribution in [2.24, 2.45) is 0 Å². The molecule has 0 rings (SSSR count). The second-order valence-electron chi connectivity index (χ2n) is 8.71. The monoisotopic (exact) mass is 501 g/mol. The molecule has 0 aliphatic heterocycles. The molecule has 0 atom stereocenters. The lowest BCUT2D eigenvalue weighted by molar-refractivity contribution is -0.118. The molecule has 5 heteroatoms. The van der Waals surface area contributed by atoms with Crippen LogP contribution < -0.4 is 5.32 Å². The number of alkyl carbamates (subject to hydrolysis) is 1. The minimum atomic E-state index is -0.412. The number of alkyl halides is 1. The molecular formula is C26H48BrNO3. The van der Waals surface area contributed by atoms with Crippen molar-refractivity contribution in [1.82, 2.24) is 5.32 Å². The van der Waals surface area contributed by atoms with Gasteiger partial charge in [-0.3, -0.25) is 4.79 Å². The summed E-state index contributed by atoms with van der Waals surface area (Å²) in [5.41, 5.74) is 0.668. The molecule has 0 aromatic heterocycles. The van der Waals surface area contributed by atoms with Gasteiger partial charge in [0.15, 0.2) is 0 Å². The third-order valence-corrected chi connectivity index (χ3v) is 6.05. The third-order valence-electron chi connectivity index (χ3n) is 5.49. The van der Waals surface area contributed by atoms with Crippen LogP contribution >= 0.6 is 15.9 Å². The smallest absolute Gasteiger partial charge is 0.407 e. The van der Waals surface area contributed by atoms with Crippen LogP contribution in [0.1, 0.15) is 122 Å². The lowest BCUT2D eigenvalue weighted by atomic mass is 10.0. The minimum absolute atomic E-state index is 0.123. The van der Waals surface area contributed by atoms with E-state index in [0.717, 1.165) is 37.4 Å². The molecule has 0 heterocycles. The van der Waals surface area contributed by atoms with Crippen LogP contribution in [0.3, 0.4) is 0 Å². The minimum Gasteiger partial charge on any atom is -0.445 e. The van der Waals surface area contributed by atoms with Gasteiger partial charge < -0.3 is 10.1 Å². The topological polar surface area (TPSA) is 55.4 Å². The van der Waals surface area contributed by atoms with E-state index >= 15 is 0 Å². The van der Waals surface area contributed by atoms with Gasteiger partial charge in [0, 0.05) is 24.7 Å². The van der Waals surface area contributed by atoms with Gasteiger partial charge >= 0.3 is 6.09 Å². The highest BCUT2D eigenvalue weighted by Gasteiger charge is 2.07. The Morgan fingerprint density at radius 1 is 0.774 bits per heavy atom. The quantitative estimate of drug-likeness (QED) is 0.0869. The third kappa shape index (κ3) is 23.6. The summed E-state index contributed by atoms with van der Waals surface area (Å²) in [6.45, 7) is 6.89. The molecular weight excluding hydrogens is 454 g/mol. The van der Waals surface area contributed by atoms with Gasteiger partial charge in [-0.15, -0.1) is 0 Å². The first-order chi connectivity index (χ1) is 15.1. The molecule has 0 radical (unpaired) electrons. The Kier molecular flexibility index (Phi) is 23.2. The van der Waals surface area contributed by atoms with Gasteiger partial charge in [0.2, 0.25) is 0 Å². The number of Topliss-reactive ketones (excluding diaryl/α,β-unsaturated/α-hetero) is 1. The second-order valence-corrected chi connectivity index (χ2v) is 9.50. The highest BCUT2D eigenvalue weighted by Crippen LogP contribution is 2.12. The van der Waals surface area contributed by atoms with E-state index < -0.39 is 6.09 Å². The summed E-state index contributed by atoms with van der Waals surface area (Å²) in [5.74, 6) is 0.176. The largest absolute Gasteiger partial charge is 0.445 e. The van der Waals surface area contributed by atoms with E-state index in [0.29, 0.717) is 25.0 Å². The maximum atomic E-state index is 11.9. The summed E-state index contributed by atoms with van der Waals surface area (Å²) >= 11 is 3.39. The molecule has 1 amide bonds. The number of unbranched alkanes of at least 4 members (excludes halogenated alkanes) is 14. The first-order valence-electron chi connectivity index (χ1n) is 12.7. The van der Waals surface area contributed by atoms with Crippen molar-refractivity contribution in [3.63, 3.8) is 0 Å². The molecule has 0 aliphatic rings. The van der Waals surface area contributed by atoms with Crippen LogP contribution in [0.4, 0.5) is 4.79 Å². The molecule has 31 heavy (non-hydrogen) atoms. The highest BCUT2D eigenvalue weighted by molar-refractivity contribution is 9.09. The van der Waals surface area contributed by atoms with E-state index in [1.807, 2.05) is 0 Å². The molecule has 0 bridgehead atoms. The van der Waals surface area contributed by atoms with Crippen molar-refractivity contribution in [3.05, 3.63) is 12.2 Å². The Hall–Kier alpha value is -0.840. The molecule has 4 nitrogen and oxygen atoms in total. The molecule has 0 fully saturated rings. The molecule has 0 spiro atoms. The summed E-state index contributed by atoms with van der Waals surface area (Å²) in [5, 5.41) is 3.77. The molecule has 182 valence electrons. The summed E-state index contributed by atoms with van der Waals surface area (Å²) in [6.07, 6.45) is 20.6. The highest BCUT2D eigenvalue weighted by atomic mass is 79.9. The van der Waals surface area contributed by atoms with Crippen LogP contribution in [0.25, 0.3) is 0 Å². The molecule has 0 unspecified atom stereocenters. The Balaban J connectivity index is 3.39. The fourth-order valence-electron chi connectivity index (χ4n) is 3.56. The van der Waals surface area contributed by atoms with Crippen LogP contribution in [-0.2, 0) is 9.53 Å². The van der Waals surface area contributed by atoms with E-state index in [4.69, 9.17) is 4.74 Å². The Morgan fingerprint density at radius 3 is 1.84 bits per heavy atom. The molecule has 0 saturated heterocycles. The summed E-state index contributed by atoms with van der Waals surface area (Å²) in [4.78, 5) is 23.6. The molecule has 0 saturated carbocycles. The molecule has 0 aromatic carbocycles. The van der Waals surface area contributed by atoms with Gasteiger partial charge in [-0.05, 0) is 24.8 Å².